The van der Waals surface area contributed by atoms with Crippen LogP contribution in [-0.2, 0) is 20.2 Å². The topological polar surface area (TPSA) is 154 Å². The zero-order chi connectivity index (χ0) is 22.4. The van der Waals surface area contributed by atoms with Crippen molar-refractivity contribution in [2.24, 2.45) is 10.2 Å². The van der Waals surface area contributed by atoms with E-state index < -0.39 is 25.1 Å². The van der Waals surface area contributed by atoms with E-state index in [1.807, 2.05) is 0 Å². The molecular weight excluding hydrogens is 490 g/mol. The number of hydrogen-bond acceptors (Lipinski definition) is 7. The van der Waals surface area contributed by atoms with E-state index >= 15 is 0 Å². The minimum atomic E-state index is -4.62. The molecule has 0 aromatic heterocycles. The Morgan fingerprint density at radius 3 is 1.61 bits per heavy atom. The number of phenols is 1. The second-order valence-corrected chi connectivity index (χ2v) is 9.35. The fraction of sp³-hybridized carbons (Fsp3) is 0. The van der Waals surface area contributed by atoms with Crippen molar-refractivity contribution in [3.63, 3.8) is 0 Å². The van der Waals surface area contributed by atoms with Gasteiger partial charge in [-0.15, -0.1) is 10.2 Å². The van der Waals surface area contributed by atoms with Crippen LogP contribution in [-0.4, -0.2) is 31.0 Å². The number of phenolic OH excluding ortho intramolecular Hbond substituents is 1. The summed E-state index contributed by atoms with van der Waals surface area (Å²) in [6, 6.07) is 15.8. The van der Waals surface area contributed by atoms with Crippen molar-refractivity contribution >= 4 is 53.2 Å². The number of benzene rings is 4. The molecule has 0 aliphatic rings. The van der Waals surface area contributed by atoms with E-state index in [2.05, 4.69) is 10.2 Å². The van der Waals surface area contributed by atoms with Crippen molar-refractivity contribution in [2.45, 2.75) is 9.79 Å². The second-order valence-electron chi connectivity index (χ2n) is 6.57. The van der Waals surface area contributed by atoms with Gasteiger partial charge in [0.15, 0.2) is 5.75 Å². The Kier molecular flexibility index (Phi) is 8.85. The van der Waals surface area contributed by atoms with Crippen LogP contribution in [0.1, 0.15) is 2.85 Å². The standard InChI is InChI=1S/C20H14N2O7S2.2Na.2H/c23-20-15-8-4-3-7-14(15)19(31(27,28)29)11-17(20)22-21-16-9-10-18(30(24,25)26)13-6-2-1-5-12(13)16;;;;/h1-11,23H,(H,24,25,26)(H,27,28,29);;;;/q;2*+1;2*-1. The van der Waals surface area contributed by atoms with Crippen molar-refractivity contribution in [1.82, 2.24) is 0 Å². The summed E-state index contributed by atoms with van der Waals surface area (Å²) in [6.07, 6.45) is 0. The SMILES string of the molecule is O=S(=O)(O)c1ccc(N=Nc2cc(S(=O)(=O)O)c3ccccc3c2O)c2ccccc12.[H-].[H-].[Na+].[Na+]. The van der Waals surface area contributed by atoms with Crippen LogP contribution in [0.3, 0.4) is 0 Å². The van der Waals surface area contributed by atoms with E-state index in [0.717, 1.165) is 12.1 Å². The quantitative estimate of drug-likeness (QED) is 0.179. The number of azo groups is 1. The zero-order valence-electron chi connectivity index (χ0n) is 19.5. The van der Waals surface area contributed by atoms with Gasteiger partial charge in [-0.3, -0.25) is 9.11 Å². The maximum absolute atomic E-state index is 11.8. The normalized spacial score (nSPS) is 11.9. The first-order valence-corrected chi connectivity index (χ1v) is 11.6. The minimum Gasteiger partial charge on any atom is -1.00 e. The maximum Gasteiger partial charge on any atom is 1.00 e. The molecule has 0 aliphatic heterocycles. The van der Waals surface area contributed by atoms with E-state index in [-0.39, 0.29) is 100 Å². The molecule has 0 amide bonds. The van der Waals surface area contributed by atoms with Gasteiger partial charge >= 0.3 is 59.1 Å². The Morgan fingerprint density at radius 1 is 0.606 bits per heavy atom. The first-order valence-electron chi connectivity index (χ1n) is 8.70. The van der Waals surface area contributed by atoms with Crippen molar-refractivity contribution in [1.29, 1.82) is 0 Å². The van der Waals surface area contributed by atoms with Crippen molar-refractivity contribution in [3.05, 3.63) is 66.7 Å². The van der Waals surface area contributed by atoms with Gasteiger partial charge in [-0.1, -0.05) is 48.5 Å². The summed E-state index contributed by atoms with van der Waals surface area (Å²) >= 11 is 0. The Bertz CT molecular complexity index is 1620. The summed E-state index contributed by atoms with van der Waals surface area (Å²) < 4.78 is 65.9. The smallest absolute Gasteiger partial charge is 1.00 e. The van der Waals surface area contributed by atoms with Gasteiger partial charge in [0.2, 0.25) is 0 Å². The van der Waals surface area contributed by atoms with Crippen molar-refractivity contribution < 1.29 is 93.0 Å². The van der Waals surface area contributed by atoms with Crippen LogP contribution in [0, 0.1) is 0 Å². The fourth-order valence-electron chi connectivity index (χ4n) is 3.28. The van der Waals surface area contributed by atoms with Crippen LogP contribution in [0.15, 0.2) is 86.7 Å². The molecule has 3 N–H and O–H groups in total. The summed E-state index contributed by atoms with van der Waals surface area (Å²) in [6.45, 7) is 0. The molecule has 0 saturated heterocycles. The molecule has 0 aliphatic carbocycles. The third-order valence-corrected chi connectivity index (χ3v) is 6.45. The Balaban J connectivity index is 0.00000289. The molecule has 4 aromatic rings. The molecule has 0 unspecified atom stereocenters. The summed E-state index contributed by atoms with van der Waals surface area (Å²) in [5.41, 5.74) is -0.00164. The number of nitrogens with zero attached hydrogens (tertiary/aromatic N) is 2. The first-order chi connectivity index (χ1) is 14.6. The predicted octanol–water partition coefficient (Wildman–Crippen LogP) is -1.16. The van der Waals surface area contributed by atoms with Gasteiger partial charge < -0.3 is 7.96 Å². The molecule has 4 rings (SSSR count). The molecule has 0 atom stereocenters. The maximum atomic E-state index is 11.8. The van der Waals surface area contributed by atoms with Crippen LogP contribution >= 0.6 is 0 Å². The minimum absolute atomic E-state index is 0. The van der Waals surface area contributed by atoms with Gasteiger partial charge in [0.05, 0.1) is 5.69 Å². The molecule has 9 nitrogen and oxygen atoms in total. The van der Waals surface area contributed by atoms with Crippen LogP contribution in [0.2, 0.25) is 0 Å². The summed E-state index contributed by atoms with van der Waals surface area (Å²) in [4.78, 5) is -0.745. The largest absolute Gasteiger partial charge is 1.00 e. The molecular formula is C20H16N2Na2O7S2. The third-order valence-electron chi connectivity index (χ3n) is 4.64. The van der Waals surface area contributed by atoms with Gasteiger partial charge in [0.1, 0.15) is 15.5 Å². The monoisotopic (exact) mass is 506 g/mol. The number of rotatable bonds is 4. The first kappa shape index (κ1) is 27.9. The predicted molar refractivity (Wildman–Crippen MR) is 116 cm³/mol. The second kappa shape index (κ2) is 10.5. The number of fused-ring (bicyclic) bond motifs is 2. The fourth-order valence-corrected chi connectivity index (χ4v) is 4.69. The van der Waals surface area contributed by atoms with Gasteiger partial charge in [-0.2, -0.15) is 16.8 Å². The van der Waals surface area contributed by atoms with Crippen LogP contribution < -0.4 is 59.1 Å². The molecule has 0 fully saturated rings. The summed E-state index contributed by atoms with van der Waals surface area (Å²) in [5, 5.41) is 19.3. The molecule has 162 valence electrons. The van der Waals surface area contributed by atoms with Gasteiger partial charge in [0.25, 0.3) is 20.2 Å². The Hall–Kier alpha value is -1.38. The molecule has 0 saturated carbocycles. The van der Waals surface area contributed by atoms with Gasteiger partial charge in [-0.05, 0) is 18.2 Å². The van der Waals surface area contributed by atoms with E-state index in [0.29, 0.717) is 5.39 Å². The zero-order valence-corrected chi connectivity index (χ0v) is 23.2. The molecule has 4 aromatic carbocycles. The van der Waals surface area contributed by atoms with E-state index in [1.165, 1.54) is 24.3 Å². The van der Waals surface area contributed by atoms with Crippen LogP contribution in [0.4, 0.5) is 11.4 Å². The van der Waals surface area contributed by atoms with Crippen LogP contribution in [0.5, 0.6) is 5.75 Å². The van der Waals surface area contributed by atoms with Crippen LogP contribution in [0.25, 0.3) is 21.5 Å². The van der Waals surface area contributed by atoms with Gasteiger partial charge in [-0.25, -0.2) is 0 Å². The average molecular weight is 506 g/mol. The molecule has 0 radical (unpaired) electrons. The van der Waals surface area contributed by atoms with Crippen molar-refractivity contribution in [3.8, 4) is 5.75 Å². The van der Waals surface area contributed by atoms with E-state index in [4.69, 9.17) is 0 Å². The van der Waals surface area contributed by atoms with E-state index in [9.17, 15) is 31.0 Å². The Morgan fingerprint density at radius 2 is 1.06 bits per heavy atom. The number of aromatic hydroxyl groups is 1. The summed E-state index contributed by atoms with van der Waals surface area (Å²) in [7, 11) is -9.09. The van der Waals surface area contributed by atoms with E-state index in [1.54, 1.807) is 30.3 Å². The number of hydrogen-bond donors (Lipinski definition) is 3. The Labute approximate surface area is 236 Å². The van der Waals surface area contributed by atoms with Gasteiger partial charge in [0, 0.05) is 21.5 Å². The average Bonchev–Trinajstić information content (AvgIpc) is 2.71. The molecule has 0 heterocycles. The molecule has 0 spiro atoms. The summed E-state index contributed by atoms with van der Waals surface area (Å²) in [5.74, 6) is -0.342. The van der Waals surface area contributed by atoms with Crippen molar-refractivity contribution in [2.75, 3.05) is 0 Å². The molecule has 0 bridgehead atoms. The molecule has 33 heavy (non-hydrogen) atoms. The molecule has 13 heteroatoms. The third kappa shape index (κ3) is 5.65.